The van der Waals surface area contributed by atoms with Crippen LogP contribution >= 0.6 is 0 Å². The van der Waals surface area contributed by atoms with Crippen LogP contribution in [0.2, 0.25) is 0 Å². The van der Waals surface area contributed by atoms with Crippen molar-refractivity contribution in [3.05, 3.63) is 54.1 Å². The highest BCUT2D eigenvalue weighted by atomic mass is 32.2. The van der Waals surface area contributed by atoms with Crippen molar-refractivity contribution in [1.82, 2.24) is 4.31 Å². The number of rotatable bonds is 8. The Kier molecular flexibility index (Phi) is 6.89. The Morgan fingerprint density at radius 2 is 1.71 bits per heavy atom. The van der Waals surface area contributed by atoms with E-state index in [0.717, 1.165) is 42.7 Å². The van der Waals surface area contributed by atoms with Crippen LogP contribution in [-0.2, 0) is 26.0 Å². The third-order valence-electron chi connectivity index (χ3n) is 5.64. The predicted molar refractivity (Wildman–Crippen MR) is 118 cm³/mol. The smallest absolute Gasteiger partial charge is 0.252 e. The molecule has 0 unspecified atom stereocenters. The van der Waals surface area contributed by atoms with Gasteiger partial charge in [0.05, 0.1) is 11.5 Å². The number of carbonyl (C=O) groups is 1. The summed E-state index contributed by atoms with van der Waals surface area (Å²) in [7, 11) is -3.46. The Balaban J connectivity index is 1.34. The van der Waals surface area contributed by atoms with Gasteiger partial charge in [0.25, 0.3) is 5.91 Å². The monoisotopic (exact) mass is 444 g/mol. The highest BCUT2D eigenvalue weighted by Crippen LogP contribution is 2.31. The average Bonchev–Trinajstić information content (AvgIpc) is 3.34. The molecular weight excluding hydrogens is 416 g/mol. The van der Waals surface area contributed by atoms with Crippen LogP contribution in [0, 0.1) is 0 Å². The molecule has 7 nitrogen and oxygen atoms in total. The molecule has 8 heteroatoms. The van der Waals surface area contributed by atoms with Crippen molar-refractivity contribution in [2.75, 3.05) is 44.4 Å². The maximum Gasteiger partial charge on any atom is 0.252 e. The lowest BCUT2D eigenvalue weighted by atomic mass is 10.0. The van der Waals surface area contributed by atoms with Gasteiger partial charge in [-0.05, 0) is 61.6 Å². The SMILES string of the molecule is O=C(COCCOc1ccccc1)N1CCCc2cc(S(=O)(=O)N3CCCC3)ccc21. The fraction of sp³-hybridized carbons (Fsp3) is 0.435. The van der Waals surface area contributed by atoms with Crippen LogP contribution in [0.4, 0.5) is 5.69 Å². The number of anilines is 1. The molecule has 0 spiro atoms. The Morgan fingerprint density at radius 3 is 2.48 bits per heavy atom. The zero-order valence-electron chi connectivity index (χ0n) is 17.5. The van der Waals surface area contributed by atoms with E-state index in [-0.39, 0.29) is 12.5 Å². The van der Waals surface area contributed by atoms with Crippen LogP contribution < -0.4 is 9.64 Å². The molecule has 0 aromatic heterocycles. The normalized spacial score (nSPS) is 16.8. The zero-order chi connectivity index (χ0) is 21.7. The first-order valence-electron chi connectivity index (χ1n) is 10.7. The number of sulfonamides is 1. The summed E-state index contributed by atoms with van der Waals surface area (Å²) in [4.78, 5) is 14.7. The summed E-state index contributed by atoms with van der Waals surface area (Å²) >= 11 is 0. The molecule has 0 bridgehead atoms. The molecule has 166 valence electrons. The topological polar surface area (TPSA) is 76.1 Å². The minimum Gasteiger partial charge on any atom is -0.491 e. The van der Waals surface area contributed by atoms with Gasteiger partial charge in [0.15, 0.2) is 0 Å². The zero-order valence-corrected chi connectivity index (χ0v) is 18.4. The second-order valence-electron chi connectivity index (χ2n) is 7.76. The van der Waals surface area contributed by atoms with Gasteiger partial charge < -0.3 is 14.4 Å². The molecule has 0 aliphatic carbocycles. The predicted octanol–water partition coefficient (Wildman–Crippen LogP) is 2.85. The number of fused-ring (bicyclic) bond motifs is 1. The van der Waals surface area contributed by atoms with Gasteiger partial charge >= 0.3 is 0 Å². The minimum absolute atomic E-state index is 0.0363. The second-order valence-corrected chi connectivity index (χ2v) is 9.70. The number of benzene rings is 2. The molecule has 31 heavy (non-hydrogen) atoms. The molecule has 0 radical (unpaired) electrons. The Labute approximate surface area is 183 Å². The van der Waals surface area contributed by atoms with Gasteiger partial charge in [0, 0.05) is 25.3 Å². The van der Waals surface area contributed by atoms with Gasteiger partial charge in [-0.15, -0.1) is 0 Å². The summed E-state index contributed by atoms with van der Waals surface area (Å²) in [5, 5.41) is 0. The van der Waals surface area contributed by atoms with Gasteiger partial charge in [-0.2, -0.15) is 4.31 Å². The van der Waals surface area contributed by atoms with Crippen LogP contribution in [0.15, 0.2) is 53.4 Å². The lowest BCUT2D eigenvalue weighted by Crippen LogP contribution is -2.38. The van der Waals surface area contributed by atoms with Crippen LogP contribution in [-0.4, -0.2) is 58.1 Å². The van der Waals surface area contributed by atoms with Crippen molar-refractivity contribution in [3.8, 4) is 5.75 Å². The largest absolute Gasteiger partial charge is 0.491 e. The Morgan fingerprint density at radius 1 is 0.935 bits per heavy atom. The molecular formula is C23H28N2O5S. The number of para-hydroxylation sites is 1. The molecule has 2 aromatic rings. The van der Waals surface area contributed by atoms with Crippen molar-refractivity contribution in [3.63, 3.8) is 0 Å². The first kappa shape index (κ1) is 21.8. The minimum atomic E-state index is -3.46. The van der Waals surface area contributed by atoms with E-state index >= 15 is 0 Å². The Hall–Kier alpha value is -2.42. The fourth-order valence-corrected chi connectivity index (χ4v) is 5.61. The number of aryl methyl sites for hydroxylation is 1. The lowest BCUT2D eigenvalue weighted by Gasteiger charge is -2.30. The molecule has 2 aliphatic heterocycles. The van der Waals surface area contributed by atoms with E-state index in [1.54, 1.807) is 27.4 Å². The van der Waals surface area contributed by atoms with E-state index in [9.17, 15) is 13.2 Å². The van der Waals surface area contributed by atoms with Crippen LogP contribution in [0.1, 0.15) is 24.8 Å². The number of carbonyl (C=O) groups excluding carboxylic acids is 1. The molecule has 4 rings (SSSR count). The molecule has 1 saturated heterocycles. The van der Waals surface area contributed by atoms with Crippen molar-refractivity contribution in [2.24, 2.45) is 0 Å². The van der Waals surface area contributed by atoms with E-state index in [0.29, 0.717) is 37.7 Å². The number of hydrogen-bond acceptors (Lipinski definition) is 5. The maximum atomic E-state index is 12.9. The molecule has 1 amide bonds. The van der Waals surface area contributed by atoms with E-state index in [1.807, 2.05) is 30.3 Å². The molecule has 0 saturated carbocycles. The fourth-order valence-electron chi connectivity index (χ4n) is 4.04. The van der Waals surface area contributed by atoms with E-state index < -0.39 is 10.0 Å². The first-order valence-corrected chi connectivity index (χ1v) is 12.2. The standard InChI is InChI=1S/C23H28N2O5S/c26-23(18-29-15-16-30-20-8-2-1-3-9-20)25-14-6-7-19-17-21(10-11-22(19)25)31(27,28)24-12-4-5-13-24/h1-3,8-11,17H,4-7,12-16,18H2. The number of amides is 1. The Bertz CT molecular complexity index is 1000. The molecule has 2 heterocycles. The van der Waals surface area contributed by atoms with Crippen molar-refractivity contribution in [1.29, 1.82) is 0 Å². The van der Waals surface area contributed by atoms with E-state index in [4.69, 9.17) is 9.47 Å². The summed E-state index contributed by atoms with van der Waals surface area (Å²) in [5.74, 6) is 0.637. The van der Waals surface area contributed by atoms with Gasteiger partial charge in [0.1, 0.15) is 19.0 Å². The quantitative estimate of drug-likeness (QED) is 0.585. The van der Waals surface area contributed by atoms with Crippen molar-refractivity contribution in [2.45, 2.75) is 30.6 Å². The van der Waals surface area contributed by atoms with E-state index in [2.05, 4.69) is 0 Å². The first-order chi connectivity index (χ1) is 15.1. The highest BCUT2D eigenvalue weighted by molar-refractivity contribution is 7.89. The number of nitrogens with zero attached hydrogens (tertiary/aromatic N) is 2. The molecule has 2 aliphatic rings. The summed E-state index contributed by atoms with van der Waals surface area (Å²) < 4.78 is 38.3. The van der Waals surface area contributed by atoms with Crippen molar-refractivity contribution >= 4 is 21.6 Å². The molecule has 0 atom stereocenters. The molecule has 1 fully saturated rings. The number of hydrogen-bond donors (Lipinski definition) is 0. The summed E-state index contributed by atoms with van der Waals surface area (Å²) in [6.45, 7) is 2.41. The number of ether oxygens (including phenoxy) is 2. The molecule has 2 aromatic carbocycles. The second kappa shape index (κ2) is 9.80. The van der Waals surface area contributed by atoms with Crippen LogP contribution in [0.25, 0.3) is 0 Å². The van der Waals surface area contributed by atoms with Gasteiger partial charge in [0.2, 0.25) is 10.0 Å². The molecule has 0 N–H and O–H groups in total. The van der Waals surface area contributed by atoms with Crippen LogP contribution in [0.3, 0.4) is 0 Å². The lowest BCUT2D eigenvalue weighted by molar-refractivity contribution is -0.123. The van der Waals surface area contributed by atoms with Crippen LogP contribution in [0.5, 0.6) is 5.75 Å². The average molecular weight is 445 g/mol. The third kappa shape index (κ3) is 5.08. The summed E-state index contributed by atoms with van der Waals surface area (Å²) in [6.07, 6.45) is 3.36. The highest BCUT2D eigenvalue weighted by Gasteiger charge is 2.29. The van der Waals surface area contributed by atoms with Crippen molar-refractivity contribution < 1.29 is 22.7 Å². The summed E-state index contributed by atoms with van der Waals surface area (Å²) in [5.41, 5.74) is 1.67. The van der Waals surface area contributed by atoms with Gasteiger partial charge in [-0.25, -0.2) is 8.42 Å². The third-order valence-corrected chi connectivity index (χ3v) is 7.53. The maximum absolute atomic E-state index is 12.9. The van der Waals surface area contributed by atoms with E-state index in [1.165, 1.54) is 0 Å². The van der Waals surface area contributed by atoms with Gasteiger partial charge in [-0.3, -0.25) is 4.79 Å². The summed E-state index contributed by atoms with van der Waals surface area (Å²) in [6, 6.07) is 14.6. The van der Waals surface area contributed by atoms with Gasteiger partial charge in [-0.1, -0.05) is 18.2 Å².